The summed E-state index contributed by atoms with van der Waals surface area (Å²) in [5.41, 5.74) is 2.24. The zero-order chi connectivity index (χ0) is 11.1. The Bertz CT molecular complexity index is 360. The summed E-state index contributed by atoms with van der Waals surface area (Å²) in [6.07, 6.45) is 1.82. The van der Waals surface area contributed by atoms with Crippen molar-refractivity contribution in [1.82, 2.24) is 0 Å². The minimum Gasteiger partial charge on any atom is -0.377 e. The maximum Gasteiger partial charge on any atom is 0.0520 e. The summed E-state index contributed by atoms with van der Waals surface area (Å²) in [6.45, 7) is 0. The molecule has 0 atom stereocenters. The van der Waals surface area contributed by atoms with E-state index in [1.807, 2.05) is 32.3 Å². The predicted molar refractivity (Wildman–Crippen MR) is 67.6 cm³/mol. The lowest BCUT2D eigenvalue weighted by Crippen LogP contribution is -2.09. The van der Waals surface area contributed by atoms with E-state index >= 15 is 0 Å². The van der Waals surface area contributed by atoms with E-state index in [0.717, 1.165) is 24.1 Å². The Morgan fingerprint density at radius 2 is 2.00 bits per heavy atom. The first kappa shape index (κ1) is 11.9. The van der Waals surface area contributed by atoms with Crippen molar-refractivity contribution >= 4 is 17.3 Å². The highest BCUT2D eigenvalue weighted by Crippen LogP contribution is 2.16. The molecule has 0 aliphatic rings. The number of nitrogens with zero attached hydrogens (tertiary/aromatic N) is 1. The van der Waals surface area contributed by atoms with Gasteiger partial charge in [-0.25, -0.2) is 0 Å². The van der Waals surface area contributed by atoms with Crippen LogP contribution < -0.4 is 4.90 Å². The van der Waals surface area contributed by atoms with Gasteiger partial charge in [0.25, 0.3) is 0 Å². The molecule has 0 fully saturated rings. The Balaban J connectivity index is 2.78. The second-order valence-corrected chi connectivity index (χ2v) is 3.88. The molecule has 0 aromatic heterocycles. The number of rotatable bonds is 3. The summed E-state index contributed by atoms with van der Waals surface area (Å²) in [6, 6.07) is 8.16. The fourth-order valence-corrected chi connectivity index (χ4v) is 1.42. The average Bonchev–Trinajstić information content (AvgIpc) is 2.25. The van der Waals surface area contributed by atoms with Crippen molar-refractivity contribution in [3.63, 3.8) is 0 Å². The van der Waals surface area contributed by atoms with E-state index in [9.17, 15) is 0 Å². The minimum absolute atomic E-state index is 0.685. The molecule has 1 rings (SSSR count). The molecule has 0 unspecified atom stereocenters. The summed E-state index contributed by atoms with van der Waals surface area (Å²) in [5, 5.41) is 0. The van der Waals surface area contributed by atoms with Gasteiger partial charge in [0.2, 0.25) is 0 Å². The Morgan fingerprint density at radius 1 is 1.27 bits per heavy atom. The molecule has 0 aliphatic carbocycles. The van der Waals surface area contributed by atoms with E-state index in [-0.39, 0.29) is 0 Å². The van der Waals surface area contributed by atoms with Gasteiger partial charge in [0.15, 0.2) is 0 Å². The normalized spacial score (nSPS) is 9.27. The topological polar surface area (TPSA) is 3.24 Å². The lowest BCUT2D eigenvalue weighted by molar-refractivity contribution is 0.991. The first-order valence-electron chi connectivity index (χ1n) is 5.07. The number of para-hydroxylation sites is 1. The molecule has 0 spiro atoms. The molecule has 0 aliphatic heterocycles. The van der Waals surface area contributed by atoms with E-state index < -0.39 is 0 Å². The first-order chi connectivity index (χ1) is 7.25. The van der Waals surface area contributed by atoms with Gasteiger partial charge in [-0.1, -0.05) is 24.0 Å². The van der Waals surface area contributed by atoms with Gasteiger partial charge in [-0.05, 0) is 18.6 Å². The highest BCUT2D eigenvalue weighted by Gasteiger charge is 1.99. The molecule has 0 saturated heterocycles. The third-order valence-corrected chi connectivity index (χ3v) is 2.31. The Hall–Kier alpha value is -1.13. The molecule has 0 amide bonds. The van der Waals surface area contributed by atoms with Crippen LogP contribution in [0.4, 0.5) is 5.69 Å². The molecule has 15 heavy (non-hydrogen) atoms. The smallest absolute Gasteiger partial charge is 0.0520 e. The van der Waals surface area contributed by atoms with Crippen LogP contribution in [0.2, 0.25) is 0 Å². The SMILES string of the molecule is CN(C)c1ccccc1C#CCCCCl. The largest absolute Gasteiger partial charge is 0.377 e. The van der Waals surface area contributed by atoms with Crippen LogP contribution in [0.1, 0.15) is 18.4 Å². The molecule has 80 valence electrons. The first-order valence-corrected chi connectivity index (χ1v) is 5.60. The summed E-state index contributed by atoms with van der Waals surface area (Å²) in [4.78, 5) is 2.07. The fraction of sp³-hybridized carbons (Fsp3) is 0.385. The van der Waals surface area contributed by atoms with Gasteiger partial charge >= 0.3 is 0 Å². The third-order valence-electron chi connectivity index (χ3n) is 2.04. The van der Waals surface area contributed by atoms with Crippen molar-refractivity contribution in [3.8, 4) is 11.8 Å². The van der Waals surface area contributed by atoms with Crippen LogP contribution in [0.15, 0.2) is 24.3 Å². The van der Waals surface area contributed by atoms with E-state index in [4.69, 9.17) is 11.6 Å². The second kappa shape index (κ2) is 6.37. The lowest BCUT2D eigenvalue weighted by Gasteiger charge is -2.13. The molecular weight excluding hydrogens is 206 g/mol. The van der Waals surface area contributed by atoms with E-state index in [2.05, 4.69) is 22.8 Å². The number of alkyl halides is 1. The van der Waals surface area contributed by atoms with Gasteiger partial charge in [-0.3, -0.25) is 0 Å². The Kier molecular flexibility index (Phi) is 5.07. The highest BCUT2D eigenvalue weighted by atomic mass is 35.5. The predicted octanol–water partition coefficient (Wildman–Crippen LogP) is 3.12. The van der Waals surface area contributed by atoms with Crippen LogP contribution in [0.5, 0.6) is 0 Å². The van der Waals surface area contributed by atoms with E-state index in [1.165, 1.54) is 0 Å². The number of anilines is 1. The molecule has 1 aromatic carbocycles. The van der Waals surface area contributed by atoms with Crippen LogP contribution in [-0.2, 0) is 0 Å². The number of halogens is 1. The van der Waals surface area contributed by atoms with Crippen LogP contribution in [0.25, 0.3) is 0 Å². The molecule has 0 heterocycles. The molecule has 0 N–H and O–H groups in total. The van der Waals surface area contributed by atoms with Crippen LogP contribution in [0.3, 0.4) is 0 Å². The molecule has 1 nitrogen and oxygen atoms in total. The van der Waals surface area contributed by atoms with Crippen molar-refractivity contribution in [2.75, 3.05) is 24.9 Å². The lowest BCUT2D eigenvalue weighted by atomic mass is 10.1. The van der Waals surface area contributed by atoms with Gasteiger partial charge in [0.05, 0.1) is 5.69 Å². The molecule has 1 aromatic rings. The maximum atomic E-state index is 5.59. The zero-order valence-corrected chi connectivity index (χ0v) is 10.0. The highest BCUT2D eigenvalue weighted by molar-refractivity contribution is 6.17. The minimum atomic E-state index is 0.685. The van der Waals surface area contributed by atoms with Gasteiger partial charge < -0.3 is 4.90 Å². The van der Waals surface area contributed by atoms with Crippen molar-refractivity contribution in [2.45, 2.75) is 12.8 Å². The van der Waals surface area contributed by atoms with Gasteiger partial charge in [-0.2, -0.15) is 0 Å². The summed E-state index contributed by atoms with van der Waals surface area (Å²) in [7, 11) is 4.05. The maximum absolute atomic E-state index is 5.59. The average molecular weight is 222 g/mol. The number of benzene rings is 1. The standard InChI is InChI=1S/C13H16ClN/c1-15(2)13-10-6-5-9-12(13)8-4-3-7-11-14/h5-6,9-10H,3,7,11H2,1-2H3. The third kappa shape index (κ3) is 3.85. The fourth-order valence-electron chi connectivity index (χ4n) is 1.28. The quantitative estimate of drug-likeness (QED) is 0.431. The van der Waals surface area contributed by atoms with E-state index in [1.54, 1.807) is 0 Å². The summed E-state index contributed by atoms with van der Waals surface area (Å²) in [5.74, 6) is 7.00. The second-order valence-electron chi connectivity index (χ2n) is 3.51. The Labute approximate surface area is 97.0 Å². The summed E-state index contributed by atoms with van der Waals surface area (Å²) < 4.78 is 0. The van der Waals surface area contributed by atoms with Gasteiger partial charge in [0, 0.05) is 32.0 Å². The molecule has 0 bridgehead atoms. The van der Waals surface area contributed by atoms with Crippen molar-refractivity contribution in [1.29, 1.82) is 0 Å². The van der Waals surface area contributed by atoms with Crippen LogP contribution in [-0.4, -0.2) is 20.0 Å². The molecular formula is C13H16ClN. The van der Waals surface area contributed by atoms with Crippen molar-refractivity contribution in [2.24, 2.45) is 0 Å². The molecule has 0 saturated carbocycles. The monoisotopic (exact) mass is 221 g/mol. The van der Waals surface area contributed by atoms with Crippen molar-refractivity contribution < 1.29 is 0 Å². The van der Waals surface area contributed by atoms with Crippen molar-refractivity contribution in [3.05, 3.63) is 29.8 Å². The Morgan fingerprint density at radius 3 is 2.67 bits per heavy atom. The van der Waals surface area contributed by atoms with Crippen LogP contribution in [0, 0.1) is 11.8 Å². The number of unbranched alkanes of at least 4 members (excludes halogenated alkanes) is 1. The van der Waals surface area contributed by atoms with Crippen LogP contribution >= 0.6 is 11.6 Å². The zero-order valence-electron chi connectivity index (χ0n) is 9.26. The van der Waals surface area contributed by atoms with Gasteiger partial charge in [-0.15, -0.1) is 11.6 Å². The number of hydrogen-bond acceptors (Lipinski definition) is 1. The summed E-state index contributed by atoms with van der Waals surface area (Å²) >= 11 is 5.59. The molecule has 0 radical (unpaired) electrons. The van der Waals surface area contributed by atoms with Gasteiger partial charge in [0.1, 0.15) is 0 Å². The van der Waals surface area contributed by atoms with E-state index in [0.29, 0.717) is 5.88 Å². The number of hydrogen-bond donors (Lipinski definition) is 0. The molecule has 2 heteroatoms.